The summed E-state index contributed by atoms with van der Waals surface area (Å²) < 4.78 is 0. The third kappa shape index (κ3) is 2.14. The molecule has 0 saturated heterocycles. The Labute approximate surface area is 97.0 Å². The molecule has 1 aromatic rings. The van der Waals surface area contributed by atoms with Gasteiger partial charge in [0.05, 0.1) is 0 Å². The van der Waals surface area contributed by atoms with E-state index in [1.165, 1.54) is 32.1 Å². The number of rotatable bonds is 5. The van der Waals surface area contributed by atoms with Crippen molar-refractivity contribution >= 4 is 0 Å². The third-order valence-corrected chi connectivity index (χ3v) is 4.29. The number of nitrogens with one attached hydrogen (secondary N) is 2. The standard InChI is InChI=1S/C13H21N3/c1(2-13-15-6-7-16-13)5-14-12-9-10-3-4-11(12)8-10/h6-7,10-12,14H,1-5,8-9H2,(H,15,16). The number of H-pyrrole nitrogens is 1. The lowest BCUT2D eigenvalue weighted by molar-refractivity contribution is 0.351. The van der Waals surface area contributed by atoms with Gasteiger partial charge in [-0.2, -0.15) is 0 Å². The van der Waals surface area contributed by atoms with Crippen molar-refractivity contribution in [1.29, 1.82) is 0 Å². The van der Waals surface area contributed by atoms with Crippen LogP contribution in [-0.2, 0) is 6.42 Å². The van der Waals surface area contributed by atoms with Gasteiger partial charge in [-0.25, -0.2) is 4.98 Å². The molecule has 1 heterocycles. The van der Waals surface area contributed by atoms with Crippen molar-refractivity contribution in [3.63, 3.8) is 0 Å². The Hall–Kier alpha value is -0.830. The predicted molar refractivity (Wildman–Crippen MR) is 64.1 cm³/mol. The topological polar surface area (TPSA) is 40.7 Å². The molecule has 88 valence electrons. The molecular weight excluding hydrogens is 198 g/mol. The molecule has 0 aromatic carbocycles. The number of aromatic amines is 1. The molecule has 0 amide bonds. The highest BCUT2D eigenvalue weighted by Crippen LogP contribution is 2.44. The van der Waals surface area contributed by atoms with Crippen molar-refractivity contribution in [2.45, 2.75) is 44.6 Å². The van der Waals surface area contributed by atoms with Crippen LogP contribution in [0.25, 0.3) is 0 Å². The molecule has 2 bridgehead atoms. The lowest BCUT2D eigenvalue weighted by atomic mass is 9.95. The van der Waals surface area contributed by atoms with Crippen molar-refractivity contribution < 1.29 is 0 Å². The smallest absolute Gasteiger partial charge is 0.106 e. The molecule has 2 saturated carbocycles. The number of fused-ring (bicyclic) bond motifs is 2. The van der Waals surface area contributed by atoms with Crippen LogP contribution in [0.15, 0.2) is 12.4 Å². The molecule has 2 N–H and O–H groups in total. The van der Waals surface area contributed by atoms with Crippen LogP contribution < -0.4 is 5.32 Å². The first-order valence-electron chi connectivity index (χ1n) is 6.63. The number of nitrogens with zero attached hydrogens (tertiary/aromatic N) is 1. The fourth-order valence-electron chi connectivity index (χ4n) is 3.47. The Morgan fingerprint density at radius 1 is 1.38 bits per heavy atom. The second-order valence-electron chi connectivity index (χ2n) is 5.37. The summed E-state index contributed by atoms with van der Waals surface area (Å²) in [5.41, 5.74) is 0. The Bertz CT molecular complexity index is 320. The highest BCUT2D eigenvalue weighted by molar-refractivity contribution is 4.94. The van der Waals surface area contributed by atoms with Gasteiger partial charge in [0.2, 0.25) is 0 Å². The Morgan fingerprint density at radius 3 is 3.06 bits per heavy atom. The molecule has 0 aliphatic heterocycles. The van der Waals surface area contributed by atoms with E-state index in [-0.39, 0.29) is 0 Å². The zero-order chi connectivity index (χ0) is 10.8. The lowest BCUT2D eigenvalue weighted by Crippen LogP contribution is -2.34. The summed E-state index contributed by atoms with van der Waals surface area (Å²) in [4.78, 5) is 7.39. The molecule has 2 fully saturated rings. The molecule has 3 rings (SSSR count). The van der Waals surface area contributed by atoms with Crippen LogP contribution in [0, 0.1) is 11.8 Å². The van der Waals surface area contributed by atoms with Gasteiger partial charge in [-0.3, -0.25) is 0 Å². The molecule has 3 unspecified atom stereocenters. The van der Waals surface area contributed by atoms with E-state index in [1.807, 2.05) is 12.4 Å². The van der Waals surface area contributed by atoms with Crippen LogP contribution >= 0.6 is 0 Å². The molecule has 0 spiro atoms. The fraction of sp³-hybridized carbons (Fsp3) is 0.769. The number of imidazole rings is 1. The average Bonchev–Trinajstić information content (AvgIpc) is 3.01. The summed E-state index contributed by atoms with van der Waals surface area (Å²) in [6.45, 7) is 1.15. The van der Waals surface area contributed by atoms with Gasteiger partial charge in [-0.05, 0) is 44.1 Å². The average molecular weight is 219 g/mol. The minimum absolute atomic E-state index is 0.829. The van der Waals surface area contributed by atoms with Crippen LogP contribution in [0.1, 0.15) is 37.9 Å². The van der Waals surface area contributed by atoms with E-state index in [4.69, 9.17) is 0 Å². The summed E-state index contributed by atoms with van der Waals surface area (Å²) in [5.74, 6) is 3.16. The maximum Gasteiger partial charge on any atom is 0.106 e. The largest absolute Gasteiger partial charge is 0.349 e. The summed E-state index contributed by atoms with van der Waals surface area (Å²) >= 11 is 0. The van der Waals surface area contributed by atoms with Crippen molar-refractivity contribution in [1.82, 2.24) is 15.3 Å². The van der Waals surface area contributed by atoms with E-state index in [0.717, 1.165) is 36.7 Å². The molecular formula is C13H21N3. The fourth-order valence-corrected chi connectivity index (χ4v) is 3.47. The first-order valence-corrected chi connectivity index (χ1v) is 6.63. The number of aromatic nitrogens is 2. The summed E-state index contributed by atoms with van der Waals surface area (Å²) in [6.07, 6.45) is 11.9. The van der Waals surface area contributed by atoms with Gasteiger partial charge >= 0.3 is 0 Å². The molecule has 3 atom stereocenters. The lowest BCUT2D eigenvalue weighted by Gasteiger charge is -2.22. The first-order chi connectivity index (χ1) is 7.92. The minimum atomic E-state index is 0.829. The first kappa shape index (κ1) is 10.3. The predicted octanol–water partition coefficient (Wildman–Crippen LogP) is 2.12. The van der Waals surface area contributed by atoms with Gasteiger partial charge < -0.3 is 10.3 Å². The van der Waals surface area contributed by atoms with E-state index in [9.17, 15) is 0 Å². The Balaban J connectivity index is 1.35. The van der Waals surface area contributed by atoms with E-state index < -0.39 is 0 Å². The highest BCUT2D eigenvalue weighted by Gasteiger charge is 2.38. The van der Waals surface area contributed by atoms with Gasteiger partial charge in [0.15, 0.2) is 0 Å². The van der Waals surface area contributed by atoms with E-state index >= 15 is 0 Å². The normalized spacial score (nSPS) is 32.4. The van der Waals surface area contributed by atoms with Crippen molar-refractivity contribution in [3.8, 4) is 0 Å². The SMILES string of the molecule is c1c[nH]c(CCCNC2CC3CCC2C3)n1. The monoisotopic (exact) mass is 219 g/mol. The van der Waals surface area contributed by atoms with Crippen molar-refractivity contribution in [2.24, 2.45) is 11.8 Å². The highest BCUT2D eigenvalue weighted by atomic mass is 14.9. The number of hydrogen-bond donors (Lipinski definition) is 2. The third-order valence-electron chi connectivity index (χ3n) is 4.29. The zero-order valence-electron chi connectivity index (χ0n) is 9.78. The van der Waals surface area contributed by atoms with Gasteiger partial charge in [-0.15, -0.1) is 0 Å². The van der Waals surface area contributed by atoms with Gasteiger partial charge in [0, 0.05) is 24.9 Å². The second-order valence-corrected chi connectivity index (χ2v) is 5.37. The molecule has 2 aliphatic carbocycles. The van der Waals surface area contributed by atoms with Gasteiger partial charge in [0.1, 0.15) is 5.82 Å². The maximum absolute atomic E-state index is 4.24. The number of hydrogen-bond acceptors (Lipinski definition) is 2. The van der Waals surface area contributed by atoms with Crippen LogP contribution in [0.3, 0.4) is 0 Å². The second kappa shape index (κ2) is 4.58. The molecule has 1 aromatic heterocycles. The minimum Gasteiger partial charge on any atom is -0.349 e. The molecule has 3 nitrogen and oxygen atoms in total. The maximum atomic E-state index is 4.24. The molecule has 3 heteroatoms. The Kier molecular flexibility index (Phi) is 2.96. The van der Waals surface area contributed by atoms with E-state index in [1.54, 1.807) is 0 Å². The Morgan fingerprint density at radius 2 is 2.38 bits per heavy atom. The zero-order valence-corrected chi connectivity index (χ0v) is 9.78. The van der Waals surface area contributed by atoms with Crippen molar-refractivity contribution in [2.75, 3.05) is 6.54 Å². The summed E-state index contributed by atoms with van der Waals surface area (Å²) in [5, 5.41) is 3.73. The van der Waals surface area contributed by atoms with Crippen LogP contribution in [0.2, 0.25) is 0 Å². The molecule has 2 aliphatic rings. The van der Waals surface area contributed by atoms with Gasteiger partial charge in [0.25, 0.3) is 0 Å². The summed E-state index contributed by atoms with van der Waals surface area (Å²) in [6, 6.07) is 0.829. The number of aryl methyl sites for hydroxylation is 1. The molecule has 16 heavy (non-hydrogen) atoms. The van der Waals surface area contributed by atoms with Crippen molar-refractivity contribution in [3.05, 3.63) is 18.2 Å². The van der Waals surface area contributed by atoms with E-state index in [0.29, 0.717) is 0 Å². The van der Waals surface area contributed by atoms with Gasteiger partial charge in [-0.1, -0.05) is 6.42 Å². The molecule has 0 radical (unpaired) electrons. The van der Waals surface area contributed by atoms with Crippen LogP contribution in [0.5, 0.6) is 0 Å². The van der Waals surface area contributed by atoms with Crippen LogP contribution in [-0.4, -0.2) is 22.6 Å². The quantitative estimate of drug-likeness (QED) is 0.745. The summed E-state index contributed by atoms with van der Waals surface area (Å²) in [7, 11) is 0. The van der Waals surface area contributed by atoms with E-state index in [2.05, 4.69) is 15.3 Å². The van der Waals surface area contributed by atoms with Crippen LogP contribution in [0.4, 0.5) is 0 Å².